The minimum Gasteiger partial charge on any atom is -0.415 e. The van der Waals surface area contributed by atoms with Crippen LogP contribution < -0.4 is 5.32 Å². The number of methoxy groups -OCH3 is 1. The zero-order valence-corrected chi connectivity index (χ0v) is 23.2. The summed E-state index contributed by atoms with van der Waals surface area (Å²) in [6.45, 7) is 18.0. The molecular weight excluding hydrogens is 467 g/mol. The Morgan fingerprint density at radius 1 is 0.903 bits per heavy atom. The second kappa shape index (κ2) is 10.3. The van der Waals surface area contributed by atoms with E-state index < -0.39 is 67.7 Å². The number of rotatable bonds is 9. The van der Waals surface area contributed by atoms with Gasteiger partial charge in [0.25, 0.3) is 0 Å². The van der Waals surface area contributed by atoms with E-state index in [1.165, 1.54) is 7.11 Å². The lowest BCUT2D eigenvalue weighted by Gasteiger charge is -2.49. The lowest BCUT2D eigenvalue weighted by Crippen LogP contribution is -2.69. The molecule has 0 aliphatic carbocycles. The van der Waals surface area contributed by atoms with Crippen molar-refractivity contribution in [2.75, 3.05) is 13.7 Å². The number of amides is 1. The summed E-state index contributed by atoms with van der Waals surface area (Å²) in [6.07, 6.45) is -8.43. The molecule has 0 unspecified atom stereocenters. The van der Waals surface area contributed by atoms with Crippen molar-refractivity contribution < 1.29 is 40.7 Å². The molecule has 1 aliphatic rings. The van der Waals surface area contributed by atoms with Crippen molar-refractivity contribution in [2.45, 2.75) is 95.7 Å². The van der Waals surface area contributed by atoms with Gasteiger partial charge in [0.15, 0.2) is 31.2 Å². The molecule has 184 valence electrons. The number of ether oxygens (including phenoxy) is 2. The first-order valence-corrected chi connectivity index (χ1v) is 20.5. The minimum atomic E-state index is -5.05. The Bertz CT molecular complexity index is 604. The van der Waals surface area contributed by atoms with Crippen LogP contribution >= 0.6 is 0 Å². The Hall–Kier alpha value is -0.289. The third kappa shape index (κ3) is 10.0. The molecular formula is C18H38F3NO6Si3. The number of carbonyl (C=O) groups is 1. The number of hydrogen-bond acceptors (Lipinski definition) is 6. The Morgan fingerprint density at radius 3 is 1.77 bits per heavy atom. The fourth-order valence-electron chi connectivity index (χ4n) is 3.06. The van der Waals surface area contributed by atoms with Crippen LogP contribution in [0.1, 0.15) is 0 Å². The maximum Gasteiger partial charge on any atom is 0.471 e. The summed E-state index contributed by atoms with van der Waals surface area (Å²) in [7, 11) is -5.05. The van der Waals surface area contributed by atoms with Crippen LogP contribution in [0.2, 0.25) is 58.9 Å². The van der Waals surface area contributed by atoms with E-state index in [1.807, 2.05) is 64.2 Å². The molecule has 0 aromatic rings. The van der Waals surface area contributed by atoms with Crippen LogP contribution in [0.5, 0.6) is 0 Å². The summed E-state index contributed by atoms with van der Waals surface area (Å²) in [5.74, 6) is -2.07. The highest BCUT2D eigenvalue weighted by Gasteiger charge is 2.53. The summed E-state index contributed by atoms with van der Waals surface area (Å²) in [5, 5.41) is 2.03. The zero-order chi connectivity index (χ0) is 24.4. The molecule has 0 aromatic carbocycles. The van der Waals surface area contributed by atoms with Crippen molar-refractivity contribution in [1.29, 1.82) is 0 Å². The lowest BCUT2D eigenvalue weighted by molar-refractivity contribution is -0.257. The van der Waals surface area contributed by atoms with Gasteiger partial charge in [0.05, 0.1) is 12.7 Å². The lowest BCUT2D eigenvalue weighted by atomic mass is 9.97. The molecule has 1 N–H and O–H groups in total. The summed E-state index contributed by atoms with van der Waals surface area (Å²) < 4.78 is 69.1. The van der Waals surface area contributed by atoms with Crippen LogP contribution in [0.3, 0.4) is 0 Å². The maximum atomic E-state index is 13.0. The highest BCUT2D eigenvalue weighted by Crippen LogP contribution is 2.32. The predicted molar refractivity (Wildman–Crippen MR) is 119 cm³/mol. The maximum absolute atomic E-state index is 13.0. The van der Waals surface area contributed by atoms with Crippen molar-refractivity contribution in [1.82, 2.24) is 5.32 Å². The van der Waals surface area contributed by atoms with Gasteiger partial charge in [-0.1, -0.05) is 0 Å². The predicted octanol–water partition coefficient (Wildman–Crippen LogP) is 3.70. The first kappa shape index (κ1) is 28.7. The topological polar surface area (TPSA) is 75.2 Å². The molecule has 0 radical (unpaired) electrons. The van der Waals surface area contributed by atoms with Crippen molar-refractivity contribution in [3.8, 4) is 0 Å². The van der Waals surface area contributed by atoms with Gasteiger partial charge in [-0.3, -0.25) is 4.79 Å². The summed E-state index contributed by atoms with van der Waals surface area (Å²) in [5.41, 5.74) is 0. The van der Waals surface area contributed by atoms with Crippen molar-refractivity contribution in [3.63, 3.8) is 0 Å². The van der Waals surface area contributed by atoms with Crippen molar-refractivity contribution in [2.24, 2.45) is 0 Å². The Balaban J connectivity index is 3.39. The standard InChI is InChI=1S/C18H38F3NO6Si3/c1-24-16-13(22-17(23)18(19,20)21)15(28-31(8,9)10)14(27-30(5,6)7)12(26-16)11-25-29(2,3)4/h12-16H,11H2,1-10H3,(H,22,23)/t12-,13-,14-,15-,16+/m1/s1. The molecule has 1 fully saturated rings. The van der Waals surface area contributed by atoms with Crippen LogP contribution in [0.4, 0.5) is 13.2 Å². The Labute approximate surface area is 186 Å². The molecule has 0 saturated carbocycles. The van der Waals surface area contributed by atoms with Gasteiger partial charge in [0.1, 0.15) is 18.2 Å². The summed E-state index contributed by atoms with van der Waals surface area (Å²) in [4.78, 5) is 11.8. The van der Waals surface area contributed by atoms with Gasteiger partial charge >= 0.3 is 12.1 Å². The van der Waals surface area contributed by atoms with Gasteiger partial charge in [-0.2, -0.15) is 13.2 Å². The van der Waals surface area contributed by atoms with Crippen molar-refractivity contribution >= 4 is 30.9 Å². The average molecular weight is 506 g/mol. The van der Waals surface area contributed by atoms with E-state index in [4.69, 9.17) is 22.8 Å². The minimum absolute atomic E-state index is 0.191. The molecule has 7 nitrogen and oxygen atoms in total. The van der Waals surface area contributed by atoms with Gasteiger partial charge in [-0.05, 0) is 58.9 Å². The molecule has 13 heteroatoms. The fraction of sp³-hybridized carbons (Fsp3) is 0.944. The van der Waals surface area contributed by atoms with E-state index in [0.29, 0.717) is 0 Å². The number of hydrogen-bond donors (Lipinski definition) is 1. The number of halogens is 3. The third-order valence-electron chi connectivity index (χ3n) is 4.09. The highest BCUT2D eigenvalue weighted by atomic mass is 28.4. The molecule has 0 aromatic heterocycles. The van der Waals surface area contributed by atoms with E-state index in [0.717, 1.165) is 0 Å². The van der Waals surface area contributed by atoms with Crippen LogP contribution in [0.25, 0.3) is 0 Å². The first-order valence-electron chi connectivity index (χ1n) is 10.3. The van der Waals surface area contributed by atoms with Gasteiger partial charge in [0.2, 0.25) is 0 Å². The summed E-state index contributed by atoms with van der Waals surface area (Å²) >= 11 is 0. The van der Waals surface area contributed by atoms with Gasteiger partial charge in [-0.25, -0.2) is 0 Å². The van der Waals surface area contributed by atoms with E-state index in [-0.39, 0.29) is 6.61 Å². The third-order valence-corrected chi connectivity index (χ3v) is 7.08. The number of nitrogens with one attached hydrogen (secondary N) is 1. The molecule has 5 atom stereocenters. The Morgan fingerprint density at radius 2 is 1.39 bits per heavy atom. The first-order chi connectivity index (χ1) is 13.7. The summed E-state index contributed by atoms with van der Waals surface area (Å²) in [6, 6.07) is -1.20. The molecule has 0 bridgehead atoms. The number of carbonyl (C=O) groups excluding carboxylic acids is 1. The zero-order valence-electron chi connectivity index (χ0n) is 20.2. The monoisotopic (exact) mass is 505 g/mol. The SMILES string of the molecule is CO[C@H]1O[C@H](CO[Si](C)(C)C)[C@@H](O[Si](C)(C)C)[C@H](O[Si](C)(C)C)[C@H]1NC(=O)C(F)(F)F. The molecule has 1 aliphatic heterocycles. The molecule has 0 spiro atoms. The molecule has 31 heavy (non-hydrogen) atoms. The Kier molecular flexibility index (Phi) is 9.57. The second-order valence-electron chi connectivity index (χ2n) is 10.6. The van der Waals surface area contributed by atoms with Gasteiger partial charge in [0, 0.05) is 7.11 Å². The average Bonchev–Trinajstić information content (AvgIpc) is 2.52. The highest BCUT2D eigenvalue weighted by molar-refractivity contribution is 6.70. The van der Waals surface area contributed by atoms with Crippen LogP contribution in [-0.2, 0) is 27.5 Å². The van der Waals surface area contributed by atoms with Crippen LogP contribution in [0, 0.1) is 0 Å². The van der Waals surface area contributed by atoms with E-state index in [9.17, 15) is 18.0 Å². The smallest absolute Gasteiger partial charge is 0.415 e. The molecule has 1 amide bonds. The quantitative estimate of drug-likeness (QED) is 0.482. The molecule has 1 rings (SSSR count). The largest absolute Gasteiger partial charge is 0.471 e. The number of alkyl halides is 3. The van der Waals surface area contributed by atoms with Gasteiger partial charge in [-0.15, -0.1) is 0 Å². The van der Waals surface area contributed by atoms with E-state index >= 15 is 0 Å². The van der Waals surface area contributed by atoms with Gasteiger partial charge < -0.3 is 28.1 Å². The molecule has 1 heterocycles. The fourth-order valence-corrected chi connectivity index (χ4v) is 5.92. The van der Waals surface area contributed by atoms with E-state index in [1.54, 1.807) is 0 Å². The normalized spacial score (nSPS) is 28.5. The second-order valence-corrected chi connectivity index (χ2v) is 24.0. The van der Waals surface area contributed by atoms with Crippen molar-refractivity contribution in [3.05, 3.63) is 0 Å². The van der Waals surface area contributed by atoms with E-state index in [2.05, 4.69) is 0 Å². The van der Waals surface area contributed by atoms with Crippen LogP contribution in [0.15, 0.2) is 0 Å². The molecule has 1 saturated heterocycles. The van der Waals surface area contributed by atoms with Crippen LogP contribution in [-0.4, -0.2) is 81.4 Å².